The van der Waals surface area contributed by atoms with Crippen molar-refractivity contribution in [2.45, 2.75) is 19.3 Å². The summed E-state index contributed by atoms with van der Waals surface area (Å²) < 4.78 is 0. The zero-order valence-corrected chi connectivity index (χ0v) is 7.67. The number of rotatable bonds is 2. The van der Waals surface area contributed by atoms with E-state index >= 15 is 0 Å². The maximum atomic E-state index is 5.67. The van der Waals surface area contributed by atoms with Gasteiger partial charge in [-0.25, -0.2) is 0 Å². The topological polar surface area (TPSA) is 26.0 Å². The Balaban J connectivity index is 3.03. The predicted molar refractivity (Wildman–Crippen MR) is 53.9 cm³/mol. The van der Waals surface area contributed by atoms with E-state index in [4.69, 9.17) is 13.6 Å². The van der Waals surface area contributed by atoms with Crippen molar-refractivity contribution >= 4 is 13.3 Å². The summed E-state index contributed by atoms with van der Waals surface area (Å²) in [7, 11) is 5.67. The molecule has 0 heterocycles. The van der Waals surface area contributed by atoms with Gasteiger partial charge in [-0.15, -0.1) is 0 Å². The van der Waals surface area contributed by atoms with Gasteiger partial charge in [0.25, 0.3) is 0 Å². The Morgan fingerprint density at radius 2 is 2.08 bits per heavy atom. The molecule has 0 saturated heterocycles. The van der Waals surface area contributed by atoms with Gasteiger partial charge in [-0.2, -0.15) is 0 Å². The van der Waals surface area contributed by atoms with Crippen LogP contribution in [0.5, 0.6) is 0 Å². The van der Waals surface area contributed by atoms with Gasteiger partial charge in [0.05, 0.1) is 0 Å². The highest BCUT2D eigenvalue weighted by molar-refractivity contribution is 6.32. The van der Waals surface area contributed by atoms with Gasteiger partial charge in [0.15, 0.2) is 0 Å². The Morgan fingerprint density at radius 1 is 1.42 bits per heavy atom. The van der Waals surface area contributed by atoms with Crippen LogP contribution in [-0.2, 0) is 5.41 Å². The predicted octanol–water partition coefficient (Wildman–Crippen LogP) is 0.717. The smallest absolute Gasteiger partial charge is 0.113 e. The van der Waals surface area contributed by atoms with E-state index in [0.29, 0.717) is 6.54 Å². The first-order valence-electron chi connectivity index (χ1n) is 4.12. The summed E-state index contributed by atoms with van der Waals surface area (Å²) in [5, 5.41) is 0. The lowest BCUT2D eigenvalue weighted by molar-refractivity contribution is 0.539. The lowest BCUT2D eigenvalue weighted by Crippen LogP contribution is -2.29. The Kier molecular flexibility index (Phi) is 2.58. The standard InChI is InChI=1S/C10H14BN/c1-10(2,7-12)8-4-3-5-9(11)6-8/h3-6H,7,12H2,1-2H3. The molecule has 2 N–H and O–H groups in total. The molecule has 0 aromatic heterocycles. The highest BCUT2D eigenvalue weighted by Crippen LogP contribution is 2.19. The average molecular weight is 159 g/mol. The van der Waals surface area contributed by atoms with Crippen molar-refractivity contribution < 1.29 is 0 Å². The third-order valence-corrected chi connectivity index (χ3v) is 2.18. The van der Waals surface area contributed by atoms with E-state index in [-0.39, 0.29) is 5.41 Å². The Morgan fingerprint density at radius 3 is 2.58 bits per heavy atom. The van der Waals surface area contributed by atoms with Crippen LogP contribution in [0.3, 0.4) is 0 Å². The van der Waals surface area contributed by atoms with Crippen LogP contribution < -0.4 is 11.2 Å². The summed E-state index contributed by atoms with van der Waals surface area (Å²) >= 11 is 0. The molecule has 0 unspecified atom stereocenters. The second kappa shape index (κ2) is 3.32. The Bertz CT molecular complexity index is 268. The average Bonchev–Trinajstić information content (AvgIpc) is 2.05. The van der Waals surface area contributed by atoms with Gasteiger partial charge in [0.1, 0.15) is 7.85 Å². The molecule has 0 aliphatic heterocycles. The van der Waals surface area contributed by atoms with Gasteiger partial charge in [-0.1, -0.05) is 43.6 Å². The maximum absolute atomic E-state index is 5.67. The third-order valence-electron chi connectivity index (χ3n) is 2.18. The van der Waals surface area contributed by atoms with E-state index in [1.54, 1.807) is 0 Å². The molecule has 0 spiro atoms. The monoisotopic (exact) mass is 159 g/mol. The van der Waals surface area contributed by atoms with E-state index in [0.717, 1.165) is 5.46 Å². The molecule has 62 valence electrons. The first-order chi connectivity index (χ1) is 5.56. The van der Waals surface area contributed by atoms with Gasteiger partial charge in [0.2, 0.25) is 0 Å². The number of benzene rings is 1. The summed E-state index contributed by atoms with van der Waals surface area (Å²) in [5.41, 5.74) is 7.67. The molecule has 0 atom stereocenters. The Hall–Kier alpha value is -0.755. The minimum Gasteiger partial charge on any atom is -0.330 e. The van der Waals surface area contributed by atoms with Crippen molar-refractivity contribution in [3.63, 3.8) is 0 Å². The fourth-order valence-corrected chi connectivity index (χ4v) is 1.08. The van der Waals surface area contributed by atoms with Crippen LogP contribution in [0.15, 0.2) is 24.3 Å². The summed E-state index contributed by atoms with van der Waals surface area (Å²) in [6.45, 7) is 4.86. The molecule has 2 radical (unpaired) electrons. The molecule has 2 heteroatoms. The van der Waals surface area contributed by atoms with Crippen LogP contribution in [-0.4, -0.2) is 14.4 Å². The molecule has 0 aliphatic carbocycles. The number of hydrogen-bond acceptors (Lipinski definition) is 1. The minimum atomic E-state index is 0.0232. The van der Waals surface area contributed by atoms with E-state index in [1.165, 1.54) is 5.56 Å². The molecule has 0 fully saturated rings. The van der Waals surface area contributed by atoms with Crippen LogP contribution in [0.4, 0.5) is 0 Å². The molecule has 0 saturated carbocycles. The quantitative estimate of drug-likeness (QED) is 0.632. The molecule has 0 aliphatic rings. The van der Waals surface area contributed by atoms with E-state index in [1.807, 2.05) is 18.2 Å². The zero-order valence-electron chi connectivity index (χ0n) is 7.67. The van der Waals surface area contributed by atoms with Crippen LogP contribution >= 0.6 is 0 Å². The normalized spacial score (nSPS) is 11.6. The van der Waals surface area contributed by atoms with Crippen molar-refractivity contribution in [3.05, 3.63) is 29.8 Å². The SMILES string of the molecule is [B]c1cccc(C(C)(C)CN)c1. The summed E-state index contributed by atoms with van der Waals surface area (Å²) in [6.07, 6.45) is 0. The molecule has 1 aromatic carbocycles. The summed E-state index contributed by atoms with van der Waals surface area (Å²) in [6, 6.07) is 7.88. The first kappa shape index (κ1) is 9.33. The van der Waals surface area contributed by atoms with E-state index < -0.39 is 0 Å². The lowest BCUT2D eigenvalue weighted by atomic mass is 9.81. The van der Waals surface area contributed by atoms with Gasteiger partial charge in [-0.3, -0.25) is 0 Å². The van der Waals surface area contributed by atoms with Crippen LogP contribution in [0, 0.1) is 0 Å². The molecular formula is C10H14BN. The Labute approximate surface area is 75.4 Å². The third kappa shape index (κ3) is 1.89. The highest BCUT2D eigenvalue weighted by atomic mass is 14.6. The van der Waals surface area contributed by atoms with E-state index in [2.05, 4.69) is 19.9 Å². The van der Waals surface area contributed by atoms with Gasteiger partial charge in [-0.05, 0) is 5.56 Å². The minimum absolute atomic E-state index is 0.0232. The van der Waals surface area contributed by atoms with Crippen LogP contribution in [0.2, 0.25) is 0 Å². The molecule has 1 rings (SSSR count). The maximum Gasteiger partial charge on any atom is 0.113 e. The first-order valence-corrected chi connectivity index (χ1v) is 4.12. The lowest BCUT2D eigenvalue weighted by Gasteiger charge is -2.23. The second-order valence-electron chi connectivity index (χ2n) is 3.71. The van der Waals surface area contributed by atoms with Gasteiger partial charge in [0, 0.05) is 12.0 Å². The van der Waals surface area contributed by atoms with Crippen LogP contribution in [0.1, 0.15) is 19.4 Å². The van der Waals surface area contributed by atoms with Gasteiger partial charge >= 0.3 is 0 Å². The van der Waals surface area contributed by atoms with Gasteiger partial charge < -0.3 is 5.73 Å². The van der Waals surface area contributed by atoms with Crippen molar-refractivity contribution in [2.75, 3.05) is 6.54 Å². The number of nitrogens with two attached hydrogens (primary N) is 1. The number of hydrogen-bond donors (Lipinski definition) is 1. The zero-order chi connectivity index (χ0) is 9.19. The second-order valence-corrected chi connectivity index (χ2v) is 3.71. The largest absolute Gasteiger partial charge is 0.330 e. The molecule has 1 nitrogen and oxygen atoms in total. The van der Waals surface area contributed by atoms with E-state index in [9.17, 15) is 0 Å². The molecule has 0 amide bonds. The van der Waals surface area contributed by atoms with Crippen molar-refractivity contribution in [1.82, 2.24) is 0 Å². The van der Waals surface area contributed by atoms with Crippen molar-refractivity contribution in [2.24, 2.45) is 5.73 Å². The molecular weight excluding hydrogens is 145 g/mol. The summed E-state index contributed by atoms with van der Waals surface area (Å²) in [4.78, 5) is 0. The van der Waals surface area contributed by atoms with Crippen LogP contribution in [0.25, 0.3) is 0 Å². The fraction of sp³-hybridized carbons (Fsp3) is 0.400. The van der Waals surface area contributed by atoms with Crippen molar-refractivity contribution in [3.8, 4) is 0 Å². The summed E-state index contributed by atoms with van der Waals surface area (Å²) in [5.74, 6) is 0. The molecule has 1 aromatic rings. The highest BCUT2D eigenvalue weighted by Gasteiger charge is 2.17. The fourth-order valence-electron chi connectivity index (χ4n) is 1.08. The molecule has 0 bridgehead atoms. The van der Waals surface area contributed by atoms with Crippen molar-refractivity contribution in [1.29, 1.82) is 0 Å². The molecule has 12 heavy (non-hydrogen) atoms.